The van der Waals surface area contributed by atoms with Crippen molar-refractivity contribution in [2.75, 3.05) is 12.0 Å². The molecule has 0 fully saturated rings. The maximum absolute atomic E-state index is 12.3. The maximum atomic E-state index is 12.3. The molecule has 20 heavy (non-hydrogen) atoms. The molecule has 0 saturated carbocycles. The van der Waals surface area contributed by atoms with Crippen LogP contribution in [0, 0.1) is 11.3 Å². The Labute approximate surface area is 125 Å². The summed E-state index contributed by atoms with van der Waals surface area (Å²) in [5.41, 5.74) is 1.74. The molecule has 0 saturated heterocycles. The second-order valence-corrected chi connectivity index (χ2v) is 6.41. The van der Waals surface area contributed by atoms with Crippen LogP contribution in [0.5, 0.6) is 0 Å². The molecule has 3 nitrogen and oxygen atoms in total. The fraction of sp³-hybridized carbons (Fsp3) is 0.200. The lowest BCUT2D eigenvalue weighted by Gasteiger charge is -2.09. The summed E-state index contributed by atoms with van der Waals surface area (Å²) < 4.78 is 1.70. The molecule has 0 radical (unpaired) electrons. The highest BCUT2D eigenvalue weighted by Crippen LogP contribution is 2.31. The molecule has 2 aromatic rings. The van der Waals surface area contributed by atoms with Crippen molar-refractivity contribution in [1.82, 2.24) is 4.57 Å². The molecule has 0 spiro atoms. The normalized spacial score (nSPS) is 13.0. The zero-order valence-corrected chi connectivity index (χ0v) is 12.6. The van der Waals surface area contributed by atoms with E-state index in [1.807, 2.05) is 36.6 Å². The van der Waals surface area contributed by atoms with Crippen molar-refractivity contribution in [3.63, 3.8) is 0 Å². The smallest absolute Gasteiger partial charge is 0.269 e. The molecule has 100 valence electrons. The Balaban J connectivity index is 2.20. The van der Waals surface area contributed by atoms with Crippen molar-refractivity contribution >= 4 is 23.5 Å². The van der Waals surface area contributed by atoms with E-state index in [0.717, 1.165) is 21.9 Å². The zero-order valence-electron chi connectivity index (χ0n) is 10.9. The number of pyridine rings is 1. The minimum Gasteiger partial charge on any atom is -0.301 e. The third-order valence-electron chi connectivity index (χ3n) is 3.34. The van der Waals surface area contributed by atoms with Gasteiger partial charge in [-0.05, 0) is 30.0 Å². The van der Waals surface area contributed by atoms with Gasteiger partial charge < -0.3 is 4.57 Å². The van der Waals surface area contributed by atoms with E-state index in [1.165, 1.54) is 4.90 Å². The predicted molar refractivity (Wildman–Crippen MR) is 83.4 cm³/mol. The van der Waals surface area contributed by atoms with Crippen LogP contribution in [0.15, 0.2) is 45.0 Å². The minimum absolute atomic E-state index is 0.168. The molecular formula is C15H12N2OS2. The lowest BCUT2D eigenvalue weighted by atomic mass is 10.0. The van der Waals surface area contributed by atoms with Gasteiger partial charge in [-0.25, -0.2) is 0 Å². The maximum Gasteiger partial charge on any atom is 0.269 e. The average Bonchev–Trinajstić information content (AvgIpc) is 2.96. The van der Waals surface area contributed by atoms with Crippen LogP contribution in [0.1, 0.15) is 5.56 Å². The van der Waals surface area contributed by atoms with E-state index >= 15 is 0 Å². The van der Waals surface area contributed by atoms with Crippen LogP contribution in [0.2, 0.25) is 0 Å². The van der Waals surface area contributed by atoms with Gasteiger partial charge in [-0.2, -0.15) is 5.26 Å². The van der Waals surface area contributed by atoms with E-state index in [-0.39, 0.29) is 11.1 Å². The third-order valence-corrected chi connectivity index (χ3v) is 5.10. The Morgan fingerprint density at radius 2 is 2.10 bits per heavy atom. The Kier molecular flexibility index (Phi) is 3.60. The van der Waals surface area contributed by atoms with Gasteiger partial charge in [0.15, 0.2) is 0 Å². The molecule has 1 aromatic heterocycles. The number of aromatic nitrogens is 1. The van der Waals surface area contributed by atoms with E-state index in [2.05, 4.69) is 6.07 Å². The highest BCUT2D eigenvalue weighted by atomic mass is 32.2. The first-order valence-electron chi connectivity index (χ1n) is 6.20. The number of nitriles is 1. The molecule has 1 aliphatic heterocycles. The first-order valence-corrected chi connectivity index (χ1v) is 8.41. The summed E-state index contributed by atoms with van der Waals surface area (Å²) in [6.45, 7) is 0.694. The van der Waals surface area contributed by atoms with Crippen molar-refractivity contribution in [2.45, 2.75) is 16.5 Å². The van der Waals surface area contributed by atoms with Gasteiger partial charge >= 0.3 is 0 Å². The van der Waals surface area contributed by atoms with Gasteiger partial charge in [-0.3, -0.25) is 4.79 Å². The summed E-state index contributed by atoms with van der Waals surface area (Å²) >= 11 is 3.34. The van der Waals surface area contributed by atoms with Gasteiger partial charge in [0.2, 0.25) is 0 Å². The number of rotatable bonds is 2. The fourth-order valence-corrected chi connectivity index (χ4v) is 3.73. The molecule has 2 heterocycles. The van der Waals surface area contributed by atoms with Crippen LogP contribution in [-0.4, -0.2) is 16.6 Å². The average molecular weight is 300 g/mol. The Hall–Kier alpha value is -1.64. The van der Waals surface area contributed by atoms with Crippen LogP contribution in [0.25, 0.3) is 11.1 Å². The number of benzene rings is 1. The fourth-order valence-electron chi connectivity index (χ4n) is 2.30. The van der Waals surface area contributed by atoms with E-state index in [4.69, 9.17) is 0 Å². The summed E-state index contributed by atoms with van der Waals surface area (Å²) in [4.78, 5) is 13.5. The summed E-state index contributed by atoms with van der Waals surface area (Å²) in [5.74, 6) is 0.898. The summed E-state index contributed by atoms with van der Waals surface area (Å²) in [6.07, 6.45) is 2.02. The highest BCUT2D eigenvalue weighted by Gasteiger charge is 2.19. The predicted octanol–water partition coefficient (Wildman–Crippen LogP) is 3.21. The molecule has 1 aromatic carbocycles. The van der Waals surface area contributed by atoms with Gasteiger partial charge in [0, 0.05) is 22.8 Å². The van der Waals surface area contributed by atoms with Crippen molar-refractivity contribution in [1.29, 1.82) is 5.26 Å². The second-order valence-electron chi connectivity index (χ2n) is 4.42. The Morgan fingerprint density at radius 3 is 2.75 bits per heavy atom. The number of hydrogen-bond acceptors (Lipinski definition) is 4. The van der Waals surface area contributed by atoms with Crippen molar-refractivity contribution < 1.29 is 0 Å². The van der Waals surface area contributed by atoms with Crippen LogP contribution in [-0.2, 0) is 6.54 Å². The van der Waals surface area contributed by atoms with Crippen molar-refractivity contribution in [3.05, 3.63) is 46.2 Å². The minimum atomic E-state index is -0.168. The molecule has 5 heteroatoms. The van der Waals surface area contributed by atoms with Crippen LogP contribution >= 0.6 is 23.5 Å². The summed E-state index contributed by atoms with van der Waals surface area (Å²) in [7, 11) is 0. The summed E-state index contributed by atoms with van der Waals surface area (Å²) in [5, 5.41) is 10.3. The standard InChI is InChI=1S/C15H12N2OS2/c1-19-11-4-2-10(3-5-11)12-8-14-17(6-7-20-14)15(18)13(12)9-16/h2-5,8H,6-7H2,1H3. The van der Waals surface area contributed by atoms with Crippen LogP contribution in [0.3, 0.4) is 0 Å². The number of nitrogens with zero attached hydrogens (tertiary/aromatic N) is 2. The van der Waals surface area contributed by atoms with E-state index in [1.54, 1.807) is 28.1 Å². The molecule has 0 N–H and O–H groups in total. The van der Waals surface area contributed by atoms with Crippen molar-refractivity contribution in [2.24, 2.45) is 0 Å². The van der Waals surface area contributed by atoms with Gasteiger partial charge in [0.1, 0.15) is 11.6 Å². The van der Waals surface area contributed by atoms with E-state index in [0.29, 0.717) is 6.54 Å². The topological polar surface area (TPSA) is 45.8 Å². The van der Waals surface area contributed by atoms with E-state index < -0.39 is 0 Å². The molecule has 0 atom stereocenters. The first kappa shape index (κ1) is 13.3. The van der Waals surface area contributed by atoms with E-state index in [9.17, 15) is 10.1 Å². The lowest BCUT2D eigenvalue weighted by Crippen LogP contribution is -2.22. The number of thioether (sulfide) groups is 2. The second kappa shape index (κ2) is 5.39. The molecule has 0 aliphatic carbocycles. The first-order chi connectivity index (χ1) is 9.74. The zero-order chi connectivity index (χ0) is 14.1. The molecule has 0 amide bonds. The SMILES string of the molecule is CSc1ccc(-c2cc3n(c(=O)c2C#N)CCS3)cc1. The molecule has 0 unspecified atom stereocenters. The molecule has 1 aliphatic rings. The van der Waals surface area contributed by atoms with Crippen molar-refractivity contribution in [3.8, 4) is 17.2 Å². The number of fused-ring (bicyclic) bond motifs is 1. The molecule has 3 rings (SSSR count). The summed E-state index contributed by atoms with van der Waals surface area (Å²) in [6, 6.07) is 12.0. The van der Waals surface area contributed by atoms with Crippen LogP contribution < -0.4 is 5.56 Å². The Bertz CT molecular complexity index is 757. The monoisotopic (exact) mass is 300 g/mol. The van der Waals surface area contributed by atoms with Gasteiger partial charge in [-0.1, -0.05) is 12.1 Å². The van der Waals surface area contributed by atoms with Gasteiger partial charge in [-0.15, -0.1) is 23.5 Å². The van der Waals surface area contributed by atoms with Gasteiger partial charge in [0.25, 0.3) is 5.56 Å². The molecular weight excluding hydrogens is 288 g/mol. The quantitative estimate of drug-likeness (QED) is 0.799. The largest absolute Gasteiger partial charge is 0.301 e. The lowest BCUT2D eigenvalue weighted by molar-refractivity contribution is 0.692. The van der Waals surface area contributed by atoms with Crippen LogP contribution in [0.4, 0.5) is 0 Å². The molecule has 0 bridgehead atoms. The number of hydrogen-bond donors (Lipinski definition) is 0. The Morgan fingerprint density at radius 1 is 1.35 bits per heavy atom. The van der Waals surface area contributed by atoms with Gasteiger partial charge in [0.05, 0.1) is 5.03 Å². The third kappa shape index (κ3) is 2.15. The highest BCUT2D eigenvalue weighted by molar-refractivity contribution is 7.99.